The molecule has 1 amide bonds. The maximum absolute atomic E-state index is 11.6. The number of hydrogen-bond donors (Lipinski definition) is 2. The van der Waals surface area contributed by atoms with Crippen LogP contribution in [0.4, 0.5) is 11.4 Å². The Balaban J connectivity index is 1.25. The maximum Gasteiger partial charge on any atom is 0.213 e. The molecule has 5 heteroatoms. The maximum atomic E-state index is 11.6. The van der Waals surface area contributed by atoms with Crippen molar-refractivity contribution in [3.63, 3.8) is 0 Å². The van der Waals surface area contributed by atoms with E-state index < -0.39 is 0 Å². The molecular formula is C41H34N4O. The number of rotatable bonds is 8. The predicted molar refractivity (Wildman–Crippen MR) is 192 cm³/mol. The van der Waals surface area contributed by atoms with Crippen LogP contribution in [0.5, 0.6) is 0 Å². The standard InChI is InChI=1S/C41H34N4O/c1-42-37-22-21-35(25-40(37)45(2)27-46)33-13-8-14-36(24-33)39-26-38(43-41(44-39)31-10-4-3-5-11-31)30-18-15-29(16-19-30)34-20-17-28-9-6-7-12-32(28)23-34/h3-27,41-42,44H,1-2H3. The van der Waals surface area contributed by atoms with Crippen molar-refractivity contribution in [1.29, 1.82) is 0 Å². The Morgan fingerprint density at radius 2 is 1.30 bits per heavy atom. The zero-order chi connectivity index (χ0) is 31.5. The van der Waals surface area contributed by atoms with E-state index in [4.69, 9.17) is 4.99 Å². The predicted octanol–water partition coefficient (Wildman–Crippen LogP) is 8.94. The van der Waals surface area contributed by atoms with Gasteiger partial charge in [0.1, 0.15) is 6.17 Å². The summed E-state index contributed by atoms with van der Waals surface area (Å²) in [7, 11) is 3.62. The van der Waals surface area contributed by atoms with Crippen LogP contribution in [0.2, 0.25) is 0 Å². The normalized spacial score (nSPS) is 14.2. The highest BCUT2D eigenvalue weighted by molar-refractivity contribution is 6.13. The van der Waals surface area contributed by atoms with Gasteiger partial charge in [-0.3, -0.25) is 9.79 Å². The number of hydrogen-bond acceptors (Lipinski definition) is 4. The number of nitrogens with zero attached hydrogens (tertiary/aromatic N) is 2. The van der Waals surface area contributed by atoms with Gasteiger partial charge in [-0.25, -0.2) is 0 Å². The smallest absolute Gasteiger partial charge is 0.213 e. The second kappa shape index (κ2) is 12.6. The molecule has 0 aliphatic carbocycles. The van der Waals surface area contributed by atoms with Crippen molar-refractivity contribution in [2.75, 3.05) is 24.3 Å². The first kappa shape index (κ1) is 28.8. The van der Waals surface area contributed by atoms with E-state index in [0.29, 0.717) is 0 Å². The Labute approximate surface area is 269 Å². The third-order valence-electron chi connectivity index (χ3n) is 8.53. The molecule has 0 saturated heterocycles. The number of nitrogens with one attached hydrogen (secondary N) is 2. The SMILES string of the molecule is CNc1ccc(-c2cccc(C3=CC(c4ccc(-c5ccc6ccccc6c5)cc4)=NC(c4ccccc4)N3)c2)cc1N(C)C=O. The van der Waals surface area contributed by atoms with Gasteiger partial charge in [-0.15, -0.1) is 0 Å². The van der Waals surface area contributed by atoms with Gasteiger partial charge in [0.15, 0.2) is 0 Å². The van der Waals surface area contributed by atoms with Crippen molar-refractivity contribution in [3.8, 4) is 22.3 Å². The number of aliphatic imine (C=N–C) groups is 1. The molecule has 1 unspecified atom stereocenters. The summed E-state index contributed by atoms with van der Waals surface area (Å²) >= 11 is 0. The van der Waals surface area contributed by atoms with Crippen LogP contribution in [0.15, 0.2) is 151 Å². The third kappa shape index (κ3) is 5.78. The minimum atomic E-state index is -0.234. The molecule has 6 aromatic rings. The number of benzene rings is 6. The number of carbonyl (C=O) groups is 1. The second-order valence-corrected chi connectivity index (χ2v) is 11.4. The molecule has 224 valence electrons. The number of carbonyl (C=O) groups excluding carboxylic acids is 1. The molecule has 1 heterocycles. The summed E-state index contributed by atoms with van der Waals surface area (Å²) in [6, 6.07) is 48.7. The van der Waals surface area contributed by atoms with Crippen molar-refractivity contribution in [2.24, 2.45) is 4.99 Å². The van der Waals surface area contributed by atoms with Gasteiger partial charge in [0.25, 0.3) is 0 Å². The Morgan fingerprint density at radius 1 is 0.652 bits per heavy atom. The second-order valence-electron chi connectivity index (χ2n) is 11.4. The van der Waals surface area contributed by atoms with E-state index in [0.717, 1.165) is 57.0 Å². The Hall–Kier alpha value is -5.94. The molecule has 0 saturated carbocycles. The van der Waals surface area contributed by atoms with Crippen molar-refractivity contribution in [3.05, 3.63) is 162 Å². The fraction of sp³-hybridized carbons (Fsp3) is 0.0732. The first-order valence-electron chi connectivity index (χ1n) is 15.4. The molecule has 0 spiro atoms. The van der Waals surface area contributed by atoms with E-state index in [1.807, 2.05) is 37.4 Å². The molecule has 0 bridgehead atoms. The molecule has 7 rings (SSSR count). The Morgan fingerprint density at radius 3 is 2.09 bits per heavy atom. The Kier molecular flexibility index (Phi) is 7.88. The first-order valence-corrected chi connectivity index (χ1v) is 15.4. The summed E-state index contributed by atoms with van der Waals surface area (Å²) in [5, 5.41) is 9.34. The number of anilines is 2. The summed E-state index contributed by atoms with van der Waals surface area (Å²) in [4.78, 5) is 18.3. The van der Waals surface area contributed by atoms with Crippen molar-refractivity contribution < 1.29 is 4.79 Å². The average Bonchev–Trinajstić information content (AvgIpc) is 3.14. The van der Waals surface area contributed by atoms with Gasteiger partial charge < -0.3 is 15.5 Å². The zero-order valence-corrected chi connectivity index (χ0v) is 25.8. The van der Waals surface area contributed by atoms with Crippen molar-refractivity contribution >= 4 is 40.0 Å². The van der Waals surface area contributed by atoms with Crippen LogP contribution >= 0.6 is 0 Å². The molecule has 0 fully saturated rings. The van der Waals surface area contributed by atoms with Crippen LogP contribution in [0.1, 0.15) is 22.9 Å². The first-order chi connectivity index (χ1) is 22.6. The van der Waals surface area contributed by atoms with Gasteiger partial charge in [0, 0.05) is 19.8 Å². The van der Waals surface area contributed by atoms with E-state index in [9.17, 15) is 4.79 Å². The molecule has 0 radical (unpaired) electrons. The fourth-order valence-corrected chi connectivity index (χ4v) is 5.99. The van der Waals surface area contributed by atoms with Gasteiger partial charge in [-0.2, -0.15) is 0 Å². The largest absolute Gasteiger partial charge is 0.386 e. The molecule has 5 nitrogen and oxygen atoms in total. The van der Waals surface area contributed by atoms with E-state index >= 15 is 0 Å². The van der Waals surface area contributed by atoms with E-state index in [1.54, 1.807) is 11.9 Å². The van der Waals surface area contributed by atoms with Crippen LogP contribution in [0, 0.1) is 0 Å². The minimum absolute atomic E-state index is 0.234. The summed E-state index contributed by atoms with van der Waals surface area (Å²) in [6.45, 7) is 0. The summed E-state index contributed by atoms with van der Waals surface area (Å²) < 4.78 is 0. The van der Waals surface area contributed by atoms with Crippen molar-refractivity contribution in [2.45, 2.75) is 6.17 Å². The van der Waals surface area contributed by atoms with Crippen molar-refractivity contribution in [1.82, 2.24) is 5.32 Å². The van der Waals surface area contributed by atoms with Crippen LogP contribution in [0.3, 0.4) is 0 Å². The lowest BCUT2D eigenvalue weighted by Gasteiger charge is -2.25. The van der Waals surface area contributed by atoms with E-state index in [1.165, 1.54) is 21.9 Å². The number of fused-ring (bicyclic) bond motifs is 1. The molecule has 0 aromatic heterocycles. The Bertz CT molecular complexity index is 2100. The molecule has 1 atom stereocenters. The molecule has 46 heavy (non-hydrogen) atoms. The topological polar surface area (TPSA) is 56.7 Å². The highest BCUT2D eigenvalue weighted by Crippen LogP contribution is 2.33. The third-order valence-corrected chi connectivity index (χ3v) is 8.53. The molecule has 1 aliphatic rings. The quantitative estimate of drug-likeness (QED) is 0.172. The molecule has 1 aliphatic heterocycles. The summed E-state index contributed by atoms with van der Waals surface area (Å²) in [6.07, 6.45) is 2.73. The summed E-state index contributed by atoms with van der Waals surface area (Å²) in [5.41, 5.74) is 11.3. The molecular weight excluding hydrogens is 564 g/mol. The van der Waals surface area contributed by atoms with Crippen LogP contribution in [0.25, 0.3) is 38.7 Å². The highest BCUT2D eigenvalue weighted by atomic mass is 16.1. The van der Waals surface area contributed by atoms with Gasteiger partial charge in [-0.05, 0) is 80.1 Å². The number of allylic oxidation sites excluding steroid dienone is 1. The molecule has 6 aromatic carbocycles. The lowest BCUT2D eigenvalue weighted by atomic mass is 9.96. The minimum Gasteiger partial charge on any atom is -0.386 e. The average molecular weight is 599 g/mol. The van der Waals surface area contributed by atoms with Crippen LogP contribution < -0.4 is 15.5 Å². The van der Waals surface area contributed by atoms with Crippen LogP contribution in [-0.4, -0.2) is 26.2 Å². The fourth-order valence-electron chi connectivity index (χ4n) is 5.99. The van der Waals surface area contributed by atoms with Gasteiger partial charge >= 0.3 is 0 Å². The zero-order valence-electron chi connectivity index (χ0n) is 25.8. The lowest BCUT2D eigenvalue weighted by molar-refractivity contribution is -0.107. The monoisotopic (exact) mass is 598 g/mol. The van der Waals surface area contributed by atoms with Gasteiger partial charge in [0.05, 0.1) is 17.1 Å². The highest BCUT2D eigenvalue weighted by Gasteiger charge is 2.20. The van der Waals surface area contributed by atoms with E-state index in [-0.39, 0.29) is 6.17 Å². The van der Waals surface area contributed by atoms with Gasteiger partial charge in [0.2, 0.25) is 6.41 Å². The molecule has 2 N–H and O–H groups in total. The van der Waals surface area contributed by atoms with E-state index in [2.05, 4.69) is 126 Å². The van der Waals surface area contributed by atoms with Crippen LogP contribution in [-0.2, 0) is 4.79 Å². The number of amides is 1. The lowest BCUT2D eigenvalue weighted by Crippen LogP contribution is -2.24. The van der Waals surface area contributed by atoms with Gasteiger partial charge in [-0.1, -0.05) is 115 Å². The summed E-state index contributed by atoms with van der Waals surface area (Å²) in [5.74, 6) is 0.